The highest BCUT2D eigenvalue weighted by Gasteiger charge is 2.05. The van der Waals surface area contributed by atoms with Gasteiger partial charge in [0.1, 0.15) is 5.82 Å². The van der Waals surface area contributed by atoms with Crippen molar-refractivity contribution in [2.24, 2.45) is 7.05 Å². The fourth-order valence-electron chi connectivity index (χ4n) is 1.57. The Morgan fingerprint density at radius 3 is 2.84 bits per heavy atom. The lowest BCUT2D eigenvalue weighted by molar-refractivity contribution is -0.116. The molecule has 0 bridgehead atoms. The van der Waals surface area contributed by atoms with Gasteiger partial charge in [-0.3, -0.25) is 9.59 Å². The number of amides is 1. The van der Waals surface area contributed by atoms with E-state index < -0.39 is 0 Å². The standard InChI is InChI=1S/C13H14N4O2/c1-17-13(19)8-6-10(16-17)5-7-12(18)15-11-4-2-3-9-14-11/h2-4,6,8-9H,5,7H2,1H3,(H,14,15,18). The van der Waals surface area contributed by atoms with E-state index in [1.165, 1.54) is 10.7 Å². The zero-order valence-corrected chi connectivity index (χ0v) is 10.5. The summed E-state index contributed by atoms with van der Waals surface area (Å²) in [7, 11) is 1.58. The second-order valence-corrected chi connectivity index (χ2v) is 4.05. The van der Waals surface area contributed by atoms with Gasteiger partial charge in [-0.2, -0.15) is 5.10 Å². The van der Waals surface area contributed by atoms with Crippen molar-refractivity contribution in [3.05, 3.63) is 52.6 Å². The molecule has 98 valence electrons. The molecule has 2 aromatic heterocycles. The molecule has 0 atom stereocenters. The van der Waals surface area contributed by atoms with E-state index in [2.05, 4.69) is 15.4 Å². The summed E-state index contributed by atoms with van der Waals surface area (Å²) in [4.78, 5) is 26.9. The van der Waals surface area contributed by atoms with Gasteiger partial charge in [0.25, 0.3) is 5.56 Å². The Morgan fingerprint density at radius 2 is 2.16 bits per heavy atom. The van der Waals surface area contributed by atoms with Gasteiger partial charge in [0.15, 0.2) is 0 Å². The molecule has 0 spiro atoms. The van der Waals surface area contributed by atoms with Crippen molar-refractivity contribution in [1.82, 2.24) is 14.8 Å². The van der Waals surface area contributed by atoms with E-state index in [1.54, 1.807) is 37.5 Å². The highest BCUT2D eigenvalue weighted by atomic mass is 16.1. The van der Waals surface area contributed by atoms with Crippen molar-refractivity contribution in [1.29, 1.82) is 0 Å². The Balaban J connectivity index is 1.90. The largest absolute Gasteiger partial charge is 0.311 e. The summed E-state index contributed by atoms with van der Waals surface area (Å²) in [5.41, 5.74) is 0.542. The smallest absolute Gasteiger partial charge is 0.266 e. The average molecular weight is 258 g/mol. The first-order valence-electron chi connectivity index (χ1n) is 5.89. The van der Waals surface area contributed by atoms with Gasteiger partial charge in [-0.25, -0.2) is 9.67 Å². The molecule has 2 aromatic rings. The van der Waals surface area contributed by atoms with Crippen LogP contribution in [-0.2, 0) is 18.3 Å². The van der Waals surface area contributed by atoms with E-state index >= 15 is 0 Å². The molecule has 0 aliphatic carbocycles. The number of nitrogens with one attached hydrogen (secondary N) is 1. The van der Waals surface area contributed by atoms with Crippen LogP contribution in [0.4, 0.5) is 5.82 Å². The van der Waals surface area contributed by atoms with Crippen LogP contribution < -0.4 is 10.9 Å². The molecular formula is C13H14N4O2. The first-order chi connectivity index (χ1) is 9.15. The monoisotopic (exact) mass is 258 g/mol. The minimum absolute atomic E-state index is 0.130. The van der Waals surface area contributed by atoms with Crippen LogP contribution in [0.1, 0.15) is 12.1 Å². The van der Waals surface area contributed by atoms with Crippen LogP contribution in [0, 0.1) is 0 Å². The van der Waals surface area contributed by atoms with Crippen molar-refractivity contribution in [3.8, 4) is 0 Å². The van der Waals surface area contributed by atoms with Gasteiger partial charge in [0, 0.05) is 32.2 Å². The third-order valence-corrected chi connectivity index (χ3v) is 2.56. The topological polar surface area (TPSA) is 76.9 Å². The Labute approximate surface area is 110 Å². The van der Waals surface area contributed by atoms with Crippen LogP contribution in [0.5, 0.6) is 0 Å². The number of hydrogen-bond acceptors (Lipinski definition) is 4. The Hall–Kier alpha value is -2.50. The maximum Gasteiger partial charge on any atom is 0.266 e. The fraction of sp³-hybridized carbons (Fsp3) is 0.231. The molecule has 2 heterocycles. The number of carbonyl (C=O) groups excluding carboxylic acids is 1. The van der Waals surface area contributed by atoms with Gasteiger partial charge in [-0.15, -0.1) is 0 Å². The van der Waals surface area contributed by atoms with Gasteiger partial charge in [-0.1, -0.05) is 6.07 Å². The summed E-state index contributed by atoms with van der Waals surface area (Å²) in [6, 6.07) is 8.39. The summed E-state index contributed by atoms with van der Waals surface area (Å²) >= 11 is 0. The van der Waals surface area contributed by atoms with Gasteiger partial charge < -0.3 is 5.32 Å². The molecule has 0 radical (unpaired) electrons. The van der Waals surface area contributed by atoms with Gasteiger partial charge >= 0.3 is 0 Å². The maximum absolute atomic E-state index is 11.7. The number of aromatic nitrogens is 3. The molecule has 6 nitrogen and oxygen atoms in total. The number of pyridine rings is 1. The highest BCUT2D eigenvalue weighted by molar-refractivity contribution is 5.89. The summed E-state index contributed by atoms with van der Waals surface area (Å²) < 4.78 is 1.26. The molecule has 0 saturated heterocycles. The molecule has 1 amide bonds. The Kier molecular flexibility index (Phi) is 4.02. The van der Waals surface area contributed by atoms with Crippen molar-refractivity contribution in [2.75, 3.05) is 5.32 Å². The zero-order valence-electron chi connectivity index (χ0n) is 10.5. The normalized spacial score (nSPS) is 10.2. The van der Waals surface area contributed by atoms with E-state index in [1.807, 2.05) is 0 Å². The van der Waals surface area contributed by atoms with Crippen LogP contribution in [0.15, 0.2) is 41.3 Å². The lowest BCUT2D eigenvalue weighted by Crippen LogP contribution is -2.20. The number of nitrogens with zero attached hydrogens (tertiary/aromatic N) is 3. The van der Waals surface area contributed by atoms with Crippen LogP contribution in [0.3, 0.4) is 0 Å². The number of hydrogen-bond donors (Lipinski definition) is 1. The molecule has 0 saturated carbocycles. The molecule has 19 heavy (non-hydrogen) atoms. The van der Waals surface area contributed by atoms with Gasteiger partial charge in [0.2, 0.25) is 5.91 Å². The summed E-state index contributed by atoms with van der Waals surface area (Å²) in [5.74, 6) is 0.398. The lowest BCUT2D eigenvalue weighted by Gasteiger charge is -2.04. The summed E-state index contributed by atoms with van der Waals surface area (Å²) in [6.45, 7) is 0. The average Bonchev–Trinajstić information content (AvgIpc) is 2.41. The third-order valence-electron chi connectivity index (χ3n) is 2.56. The lowest BCUT2D eigenvalue weighted by atomic mass is 10.2. The van der Waals surface area contributed by atoms with Crippen LogP contribution in [-0.4, -0.2) is 20.7 Å². The minimum Gasteiger partial charge on any atom is -0.311 e. The third kappa shape index (κ3) is 3.74. The zero-order chi connectivity index (χ0) is 13.7. The molecular weight excluding hydrogens is 244 g/mol. The second kappa shape index (κ2) is 5.90. The number of aryl methyl sites for hydroxylation is 2. The van der Waals surface area contributed by atoms with Gasteiger partial charge in [0.05, 0.1) is 5.69 Å². The summed E-state index contributed by atoms with van der Waals surface area (Å²) in [6.07, 6.45) is 2.39. The van der Waals surface area contributed by atoms with E-state index in [9.17, 15) is 9.59 Å². The second-order valence-electron chi connectivity index (χ2n) is 4.05. The van der Waals surface area contributed by atoms with E-state index in [0.717, 1.165) is 0 Å². The van der Waals surface area contributed by atoms with Crippen LogP contribution in [0.2, 0.25) is 0 Å². The van der Waals surface area contributed by atoms with Crippen molar-refractivity contribution >= 4 is 11.7 Å². The minimum atomic E-state index is -0.165. The van der Waals surface area contributed by atoms with Crippen molar-refractivity contribution < 1.29 is 4.79 Å². The summed E-state index contributed by atoms with van der Waals surface area (Å²) in [5, 5.41) is 6.75. The van der Waals surface area contributed by atoms with E-state index in [0.29, 0.717) is 24.4 Å². The molecule has 0 fully saturated rings. The van der Waals surface area contributed by atoms with Gasteiger partial charge in [-0.05, 0) is 18.2 Å². The first-order valence-corrected chi connectivity index (χ1v) is 5.89. The predicted octanol–water partition coefficient (Wildman–Crippen LogP) is 0.747. The highest BCUT2D eigenvalue weighted by Crippen LogP contribution is 2.02. The molecule has 2 rings (SSSR count). The van der Waals surface area contributed by atoms with Crippen LogP contribution in [0.25, 0.3) is 0 Å². The molecule has 0 aromatic carbocycles. The first kappa shape index (κ1) is 12.9. The SMILES string of the molecule is Cn1nc(CCC(=O)Nc2ccccn2)ccc1=O. The molecule has 1 N–H and O–H groups in total. The molecule has 0 aliphatic rings. The van der Waals surface area contributed by atoms with Crippen molar-refractivity contribution in [2.45, 2.75) is 12.8 Å². The van der Waals surface area contributed by atoms with E-state index in [-0.39, 0.29) is 11.5 Å². The number of anilines is 1. The molecule has 0 unspecified atom stereocenters. The predicted molar refractivity (Wildman–Crippen MR) is 70.7 cm³/mol. The maximum atomic E-state index is 11.7. The van der Waals surface area contributed by atoms with E-state index in [4.69, 9.17) is 0 Å². The Morgan fingerprint density at radius 1 is 1.32 bits per heavy atom. The number of rotatable bonds is 4. The fourth-order valence-corrected chi connectivity index (χ4v) is 1.57. The Bertz CT molecular complexity index is 622. The van der Waals surface area contributed by atoms with Crippen LogP contribution >= 0.6 is 0 Å². The quantitative estimate of drug-likeness (QED) is 0.877. The number of carbonyl (C=O) groups is 1. The molecule has 0 aliphatic heterocycles. The van der Waals surface area contributed by atoms with Crippen molar-refractivity contribution in [3.63, 3.8) is 0 Å². The molecule has 6 heteroatoms.